The Hall–Kier alpha value is -1.03. The number of aromatic nitrogens is 2. The average Bonchev–Trinajstić information content (AvgIpc) is 2.34. The first kappa shape index (κ1) is 9.06. The lowest BCUT2D eigenvalue weighted by atomic mass is 10.5. The molecule has 1 heterocycles. The third kappa shape index (κ3) is 2.23. The minimum absolute atomic E-state index is 0.102. The van der Waals surface area contributed by atoms with Gasteiger partial charge in [0, 0.05) is 0 Å². The summed E-state index contributed by atoms with van der Waals surface area (Å²) in [6.07, 6.45) is 3.54. The molecule has 0 aliphatic heterocycles. The van der Waals surface area contributed by atoms with Gasteiger partial charge in [-0.1, -0.05) is 0 Å². The van der Waals surface area contributed by atoms with Crippen LogP contribution in [0.4, 0.5) is 0 Å². The molecule has 0 aliphatic rings. The molecular weight excluding hydrogens is 154 g/mol. The summed E-state index contributed by atoms with van der Waals surface area (Å²) in [5.74, 6) is 0.766. The zero-order chi connectivity index (χ0) is 9.14. The van der Waals surface area contributed by atoms with Crippen LogP contribution in [0, 0.1) is 0 Å². The van der Waals surface area contributed by atoms with Gasteiger partial charge in [-0.2, -0.15) is 5.10 Å². The number of ether oxygens (including phenoxy) is 1. The van der Waals surface area contributed by atoms with E-state index in [1.165, 1.54) is 0 Å². The van der Waals surface area contributed by atoms with Crippen molar-refractivity contribution in [3.8, 4) is 5.75 Å². The third-order valence-electron chi connectivity index (χ3n) is 1.37. The second kappa shape index (κ2) is 3.58. The molecule has 1 rings (SSSR count). The monoisotopic (exact) mass is 169 g/mol. The van der Waals surface area contributed by atoms with Gasteiger partial charge in [0.1, 0.15) is 0 Å². The quantitative estimate of drug-likeness (QED) is 0.738. The van der Waals surface area contributed by atoms with E-state index in [0.717, 1.165) is 5.75 Å². The van der Waals surface area contributed by atoms with Crippen LogP contribution in [0.1, 0.15) is 26.9 Å². The fraction of sp³-hybridized carbons (Fsp3) is 0.625. The highest BCUT2D eigenvalue weighted by Gasteiger charge is 2.03. The molecule has 1 atom stereocenters. The second-order valence-corrected chi connectivity index (χ2v) is 3.06. The Morgan fingerprint density at radius 2 is 2.17 bits per heavy atom. The van der Waals surface area contributed by atoms with Gasteiger partial charge in [0.15, 0.2) is 5.75 Å². The van der Waals surface area contributed by atoms with Gasteiger partial charge in [-0.05, 0) is 20.8 Å². The first-order chi connectivity index (χ1) is 5.59. The van der Waals surface area contributed by atoms with Crippen LogP contribution in [0.25, 0.3) is 0 Å². The van der Waals surface area contributed by atoms with Crippen molar-refractivity contribution >= 4 is 0 Å². The van der Waals surface area contributed by atoms with Crippen molar-refractivity contribution in [2.24, 2.45) is 5.73 Å². The van der Waals surface area contributed by atoms with Gasteiger partial charge >= 0.3 is 0 Å². The first-order valence-corrected chi connectivity index (χ1v) is 4.06. The highest BCUT2D eigenvalue weighted by atomic mass is 16.5. The van der Waals surface area contributed by atoms with Crippen LogP contribution < -0.4 is 10.5 Å². The lowest BCUT2D eigenvalue weighted by molar-refractivity contribution is 0.242. The SMILES string of the molecule is CC(C)Oc1cnn(C(C)N)c1. The Morgan fingerprint density at radius 1 is 1.50 bits per heavy atom. The maximum Gasteiger partial charge on any atom is 0.157 e. The van der Waals surface area contributed by atoms with Gasteiger partial charge < -0.3 is 10.5 Å². The van der Waals surface area contributed by atoms with Crippen LogP contribution >= 0.6 is 0 Å². The van der Waals surface area contributed by atoms with Crippen molar-refractivity contribution in [3.63, 3.8) is 0 Å². The van der Waals surface area contributed by atoms with Crippen molar-refractivity contribution in [3.05, 3.63) is 12.4 Å². The van der Waals surface area contributed by atoms with Gasteiger partial charge in [-0.3, -0.25) is 4.68 Å². The van der Waals surface area contributed by atoms with Crippen molar-refractivity contribution in [1.82, 2.24) is 9.78 Å². The summed E-state index contributed by atoms with van der Waals surface area (Å²) in [4.78, 5) is 0. The molecule has 0 aromatic carbocycles. The smallest absolute Gasteiger partial charge is 0.157 e. The fourth-order valence-corrected chi connectivity index (χ4v) is 0.876. The Kier molecular flexibility index (Phi) is 2.70. The molecule has 0 radical (unpaired) electrons. The molecule has 12 heavy (non-hydrogen) atoms. The number of hydrogen-bond acceptors (Lipinski definition) is 3. The zero-order valence-corrected chi connectivity index (χ0v) is 7.69. The normalized spacial score (nSPS) is 13.4. The number of hydrogen-bond donors (Lipinski definition) is 1. The molecule has 0 bridgehead atoms. The summed E-state index contributed by atoms with van der Waals surface area (Å²) >= 11 is 0. The third-order valence-corrected chi connectivity index (χ3v) is 1.37. The van der Waals surface area contributed by atoms with Gasteiger partial charge in [0.25, 0.3) is 0 Å². The van der Waals surface area contributed by atoms with Crippen molar-refractivity contribution < 1.29 is 4.74 Å². The topological polar surface area (TPSA) is 53.1 Å². The summed E-state index contributed by atoms with van der Waals surface area (Å²) in [7, 11) is 0. The maximum atomic E-state index is 5.60. The number of nitrogens with two attached hydrogens (primary N) is 1. The highest BCUT2D eigenvalue weighted by molar-refractivity contribution is 5.12. The fourth-order valence-electron chi connectivity index (χ4n) is 0.876. The minimum atomic E-state index is -0.102. The average molecular weight is 169 g/mol. The summed E-state index contributed by atoms with van der Waals surface area (Å²) < 4.78 is 7.07. The number of nitrogens with zero attached hydrogens (tertiary/aromatic N) is 2. The van der Waals surface area contributed by atoms with Crippen LogP contribution in [0.15, 0.2) is 12.4 Å². The van der Waals surface area contributed by atoms with Gasteiger partial charge in [0.05, 0.1) is 24.7 Å². The first-order valence-electron chi connectivity index (χ1n) is 4.06. The minimum Gasteiger partial charge on any atom is -0.488 e. The lowest BCUT2D eigenvalue weighted by Gasteiger charge is -2.06. The largest absolute Gasteiger partial charge is 0.488 e. The molecule has 0 saturated carbocycles. The molecule has 0 spiro atoms. The van der Waals surface area contributed by atoms with Crippen LogP contribution in [0.2, 0.25) is 0 Å². The Bertz CT molecular complexity index is 242. The van der Waals surface area contributed by atoms with Crippen molar-refractivity contribution in [1.29, 1.82) is 0 Å². The molecule has 1 aromatic rings. The number of rotatable bonds is 3. The van der Waals surface area contributed by atoms with Gasteiger partial charge in [-0.25, -0.2) is 0 Å². The van der Waals surface area contributed by atoms with Crippen LogP contribution in [-0.4, -0.2) is 15.9 Å². The summed E-state index contributed by atoms with van der Waals surface area (Å²) in [6.45, 7) is 5.82. The summed E-state index contributed by atoms with van der Waals surface area (Å²) in [5, 5.41) is 4.04. The lowest BCUT2D eigenvalue weighted by Crippen LogP contribution is -2.14. The highest BCUT2D eigenvalue weighted by Crippen LogP contribution is 2.11. The Balaban J connectivity index is 2.64. The van der Waals surface area contributed by atoms with Crippen molar-refractivity contribution in [2.75, 3.05) is 0 Å². The molecule has 0 saturated heterocycles. The molecule has 0 fully saturated rings. The Morgan fingerprint density at radius 3 is 2.58 bits per heavy atom. The molecule has 4 heteroatoms. The molecule has 68 valence electrons. The van der Waals surface area contributed by atoms with Crippen LogP contribution in [-0.2, 0) is 0 Å². The molecular formula is C8H15N3O. The van der Waals surface area contributed by atoms with E-state index in [2.05, 4.69) is 5.10 Å². The second-order valence-electron chi connectivity index (χ2n) is 3.06. The molecule has 4 nitrogen and oxygen atoms in total. The summed E-state index contributed by atoms with van der Waals surface area (Å²) in [5.41, 5.74) is 5.60. The van der Waals surface area contributed by atoms with Gasteiger partial charge in [0.2, 0.25) is 0 Å². The molecule has 0 amide bonds. The summed E-state index contributed by atoms with van der Waals surface area (Å²) in [6, 6.07) is 0. The molecule has 0 aliphatic carbocycles. The van der Waals surface area contributed by atoms with Crippen LogP contribution in [0.5, 0.6) is 5.75 Å². The van der Waals surface area contributed by atoms with E-state index in [-0.39, 0.29) is 12.3 Å². The molecule has 2 N–H and O–H groups in total. The maximum absolute atomic E-state index is 5.60. The van der Waals surface area contributed by atoms with E-state index < -0.39 is 0 Å². The van der Waals surface area contributed by atoms with E-state index in [4.69, 9.17) is 10.5 Å². The van der Waals surface area contributed by atoms with E-state index >= 15 is 0 Å². The van der Waals surface area contributed by atoms with E-state index in [0.29, 0.717) is 0 Å². The van der Waals surface area contributed by atoms with Crippen molar-refractivity contribution in [2.45, 2.75) is 33.0 Å². The predicted molar refractivity (Wildman–Crippen MR) is 46.9 cm³/mol. The van der Waals surface area contributed by atoms with E-state index in [1.807, 2.05) is 20.8 Å². The molecule has 1 aromatic heterocycles. The standard InChI is InChI=1S/C8H15N3O/c1-6(2)12-8-4-10-11(5-8)7(3)9/h4-7H,9H2,1-3H3. The van der Waals surface area contributed by atoms with Gasteiger partial charge in [-0.15, -0.1) is 0 Å². The zero-order valence-electron chi connectivity index (χ0n) is 7.69. The Labute approximate surface area is 72.3 Å². The van der Waals surface area contributed by atoms with E-state index in [9.17, 15) is 0 Å². The predicted octanol–water partition coefficient (Wildman–Crippen LogP) is 1.15. The van der Waals surface area contributed by atoms with Crippen LogP contribution in [0.3, 0.4) is 0 Å². The van der Waals surface area contributed by atoms with E-state index in [1.54, 1.807) is 17.1 Å². The molecule has 1 unspecified atom stereocenters.